The minimum atomic E-state index is -0.405. The number of hydrogen-bond donors (Lipinski definition) is 0. The molecule has 7 nitrogen and oxygen atoms in total. The average molecular weight is 315 g/mol. The second-order valence-electron chi connectivity index (χ2n) is 6.36. The monoisotopic (exact) mass is 315 g/mol. The van der Waals surface area contributed by atoms with Gasteiger partial charge in [-0.15, -0.1) is 0 Å². The number of aryl methyl sites for hydroxylation is 1. The van der Waals surface area contributed by atoms with E-state index in [1.165, 1.54) is 5.56 Å². The zero-order valence-corrected chi connectivity index (χ0v) is 13.5. The van der Waals surface area contributed by atoms with Crippen LogP contribution in [0.2, 0.25) is 0 Å². The highest BCUT2D eigenvalue weighted by Crippen LogP contribution is 2.35. The van der Waals surface area contributed by atoms with Crippen molar-refractivity contribution in [1.82, 2.24) is 20.2 Å². The van der Waals surface area contributed by atoms with Crippen molar-refractivity contribution in [3.05, 3.63) is 29.8 Å². The second kappa shape index (κ2) is 5.58. The molecule has 1 aromatic carbocycles. The molecule has 0 amide bonds. The topological polar surface area (TPSA) is 65.3 Å². The maximum atomic E-state index is 5.98. The van der Waals surface area contributed by atoms with E-state index < -0.39 is 5.79 Å². The van der Waals surface area contributed by atoms with Gasteiger partial charge in [-0.3, -0.25) is 0 Å². The Bertz CT molecular complexity index is 676. The van der Waals surface area contributed by atoms with Gasteiger partial charge in [0.25, 0.3) is 0 Å². The van der Waals surface area contributed by atoms with Crippen LogP contribution in [0.1, 0.15) is 25.3 Å². The molecule has 23 heavy (non-hydrogen) atoms. The summed E-state index contributed by atoms with van der Waals surface area (Å²) in [5, 5.41) is 12.2. The number of tetrazole rings is 1. The van der Waals surface area contributed by atoms with Crippen LogP contribution in [0.15, 0.2) is 24.3 Å². The van der Waals surface area contributed by atoms with Crippen molar-refractivity contribution in [2.45, 2.75) is 38.6 Å². The van der Waals surface area contributed by atoms with Gasteiger partial charge in [-0.2, -0.15) is 4.68 Å². The maximum Gasteiger partial charge on any atom is 0.250 e. The van der Waals surface area contributed by atoms with Gasteiger partial charge in [0.1, 0.15) is 0 Å². The molecule has 1 aromatic heterocycles. The first-order chi connectivity index (χ1) is 11.2. The van der Waals surface area contributed by atoms with E-state index in [-0.39, 0.29) is 6.10 Å². The van der Waals surface area contributed by atoms with Gasteiger partial charge >= 0.3 is 0 Å². The van der Waals surface area contributed by atoms with Crippen molar-refractivity contribution in [1.29, 1.82) is 0 Å². The minimum absolute atomic E-state index is 0.180. The van der Waals surface area contributed by atoms with Crippen LogP contribution in [0.25, 0.3) is 5.69 Å². The number of rotatable bonds is 2. The molecule has 0 N–H and O–H groups in total. The Labute approximate surface area is 135 Å². The lowest BCUT2D eigenvalue weighted by Crippen LogP contribution is -2.46. The van der Waals surface area contributed by atoms with Gasteiger partial charge in [-0.05, 0) is 36.4 Å². The Kier molecular flexibility index (Phi) is 3.54. The van der Waals surface area contributed by atoms with Gasteiger partial charge in [0.15, 0.2) is 5.79 Å². The summed E-state index contributed by atoms with van der Waals surface area (Å²) in [6, 6.07) is 8.19. The van der Waals surface area contributed by atoms with Crippen LogP contribution < -0.4 is 4.90 Å². The van der Waals surface area contributed by atoms with E-state index in [2.05, 4.69) is 46.4 Å². The minimum Gasteiger partial charge on any atom is -0.347 e. The quantitative estimate of drug-likeness (QED) is 0.840. The Balaban J connectivity index is 1.52. The third-order valence-electron chi connectivity index (χ3n) is 4.54. The highest BCUT2D eigenvalue weighted by molar-refractivity contribution is 5.42. The van der Waals surface area contributed by atoms with Crippen LogP contribution in [-0.2, 0) is 9.47 Å². The molecule has 7 heteroatoms. The largest absolute Gasteiger partial charge is 0.347 e. The Morgan fingerprint density at radius 3 is 2.57 bits per heavy atom. The first-order valence-corrected chi connectivity index (χ1v) is 8.07. The lowest BCUT2D eigenvalue weighted by molar-refractivity contribution is -0.178. The normalized spacial score (nSPS) is 23.6. The molecule has 3 heterocycles. The highest BCUT2D eigenvalue weighted by Gasteiger charge is 2.43. The fraction of sp³-hybridized carbons (Fsp3) is 0.562. The molecule has 1 atom stereocenters. The number of hydrogen-bond acceptors (Lipinski definition) is 6. The second-order valence-corrected chi connectivity index (χ2v) is 6.36. The molecule has 0 aliphatic carbocycles. The van der Waals surface area contributed by atoms with Crippen molar-refractivity contribution in [2.75, 3.05) is 24.6 Å². The van der Waals surface area contributed by atoms with Crippen LogP contribution in [0.3, 0.4) is 0 Å². The fourth-order valence-corrected chi connectivity index (χ4v) is 3.25. The number of ether oxygens (including phenoxy) is 2. The van der Waals surface area contributed by atoms with Gasteiger partial charge in [0.2, 0.25) is 5.95 Å². The van der Waals surface area contributed by atoms with Crippen LogP contribution in [-0.4, -0.2) is 51.8 Å². The molecule has 122 valence electrons. The summed E-state index contributed by atoms with van der Waals surface area (Å²) in [5.74, 6) is 0.368. The van der Waals surface area contributed by atoms with E-state index in [1.54, 1.807) is 4.68 Å². The first-order valence-electron chi connectivity index (χ1n) is 8.07. The molecule has 0 bridgehead atoms. The number of aromatic nitrogens is 4. The SMILES string of the molecule is Cc1ccc(-n2nnnc2N2CCC3(CC2)OC[C@@H](C)O3)cc1. The molecule has 0 radical (unpaired) electrons. The van der Waals surface area contributed by atoms with Crippen LogP contribution in [0.4, 0.5) is 5.95 Å². The predicted molar refractivity (Wildman–Crippen MR) is 84.6 cm³/mol. The Hall–Kier alpha value is -1.99. The third-order valence-corrected chi connectivity index (χ3v) is 4.54. The van der Waals surface area contributed by atoms with Gasteiger partial charge in [0.05, 0.1) is 18.4 Å². The number of benzene rings is 1. The molecule has 0 unspecified atom stereocenters. The predicted octanol–water partition coefficient (Wildman–Crippen LogP) is 1.70. The first kappa shape index (κ1) is 14.6. The maximum absolute atomic E-state index is 5.98. The van der Waals surface area contributed by atoms with E-state index in [0.29, 0.717) is 6.61 Å². The number of nitrogens with zero attached hydrogens (tertiary/aromatic N) is 5. The molecular formula is C16H21N5O2. The summed E-state index contributed by atoms with van der Waals surface area (Å²) >= 11 is 0. The molecule has 2 fully saturated rings. The number of anilines is 1. The van der Waals surface area contributed by atoms with Crippen molar-refractivity contribution in [2.24, 2.45) is 0 Å². The Morgan fingerprint density at radius 1 is 1.17 bits per heavy atom. The average Bonchev–Trinajstić information content (AvgIpc) is 3.17. The van der Waals surface area contributed by atoms with Crippen molar-refractivity contribution >= 4 is 5.95 Å². The summed E-state index contributed by atoms with van der Waals surface area (Å²) < 4.78 is 13.6. The van der Waals surface area contributed by atoms with Gasteiger partial charge < -0.3 is 14.4 Å². The van der Waals surface area contributed by atoms with E-state index in [1.807, 2.05) is 12.1 Å². The van der Waals surface area contributed by atoms with Crippen molar-refractivity contribution < 1.29 is 9.47 Å². The van der Waals surface area contributed by atoms with Crippen LogP contribution in [0, 0.1) is 6.92 Å². The van der Waals surface area contributed by atoms with Gasteiger partial charge in [-0.25, -0.2) is 0 Å². The van der Waals surface area contributed by atoms with Crippen LogP contribution >= 0.6 is 0 Å². The van der Waals surface area contributed by atoms with Gasteiger partial charge in [-0.1, -0.05) is 22.8 Å². The number of piperidine rings is 1. The van der Waals surface area contributed by atoms with Gasteiger partial charge in [0, 0.05) is 25.9 Å². The van der Waals surface area contributed by atoms with E-state index in [4.69, 9.17) is 9.47 Å². The molecule has 2 aliphatic rings. The summed E-state index contributed by atoms with van der Waals surface area (Å²) in [4.78, 5) is 2.20. The zero-order valence-electron chi connectivity index (χ0n) is 13.5. The molecule has 2 aliphatic heterocycles. The van der Waals surface area contributed by atoms with E-state index in [9.17, 15) is 0 Å². The summed E-state index contributed by atoms with van der Waals surface area (Å²) in [7, 11) is 0. The summed E-state index contributed by atoms with van der Waals surface area (Å²) in [6.07, 6.45) is 1.84. The lowest BCUT2D eigenvalue weighted by Gasteiger charge is -2.37. The fourth-order valence-electron chi connectivity index (χ4n) is 3.25. The summed E-state index contributed by atoms with van der Waals surface area (Å²) in [6.45, 7) is 6.44. The van der Waals surface area contributed by atoms with E-state index >= 15 is 0 Å². The van der Waals surface area contributed by atoms with Crippen molar-refractivity contribution in [3.63, 3.8) is 0 Å². The third kappa shape index (κ3) is 2.70. The van der Waals surface area contributed by atoms with Crippen molar-refractivity contribution in [3.8, 4) is 5.69 Å². The highest BCUT2D eigenvalue weighted by atomic mass is 16.7. The molecule has 0 saturated carbocycles. The van der Waals surface area contributed by atoms with Crippen LogP contribution in [0.5, 0.6) is 0 Å². The molecule has 4 rings (SSSR count). The van der Waals surface area contributed by atoms with E-state index in [0.717, 1.165) is 37.6 Å². The zero-order chi connectivity index (χ0) is 15.9. The molecule has 2 saturated heterocycles. The molecule has 1 spiro atoms. The Morgan fingerprint density at radius 2 is 1.91 bits per heavy atom. The molecular weight excluding hydrogens is 294 g/mol. The molecule has 2 aromatic rings. The lowest BCUT2D eigenvalue weighted by atomic mass is 10.0. The smallest absolute Gasteiger partial charge is 0.250 e. The standard InChI is InChI=1S/C16H21N5O2/c1-12-3-5-14(6-4-12)21-15(17-18-19-21)20-9-7-16(8-10-20)22-11-13(2)23-16/h3-6,13H,7-11H2,1-2H3/t13-/m1/s1. The summed E-state index contributed by atoms with van der Waals surface area (Å²) in [5.41, 5.74) is 2.19.